The molecule has 0 aliphatic carbocycles. The molecule has 0 fully saturated rings. The molecule has 0 saturated heterocycles. The van der Waals surface area contributed by atoms with Crippen LogP contribution in [-0.2, 0) is 20.7 Å². The first kappa shape index (κ1) is 22.0. The second-order valence-electron chi connectivity index (χ2n) is 7.10. The standard InChI is InChI=1S/C23H29NO3S/c1-16-10-13-21(14-17(16)2)28-15-22(25)27-19(4)23(26)24-18(3)11-12-20-8-6-5-7-9-20/h5-10,13-14,18-19H,11-12,15H2,1-4H3,(H,24,26)/t18-,19-/m0/s1. The second kappa shape index (κ2) is 10.9. The van der Waals surface area contributed by atoms with E-state index in [1.54, 1.807) is 6.92 Å². The van der Waals surface area contributed by atoms with Crippen molar-refractivity contribution in [1.29, 1.82) is 0 Å². The van der Waals surface area contributed by atoms with Crippen molar-refractivity contribution in [2.75, 3.05) is 5.75 Å². The number of benzene rings is 2. The maximum absolute atomic E-state index is 12.3. The van der Waals surface area contributed by atoms with E-state index in [0.29, 0.717) is 0 Å². The lowest BCUT2D eigenvalue weighted by Crippen LogP contribution is -2.41. The Bertz CT molecular complexity index is 792. The Morgan fingerprint density at radius 3 is 2.43 bits per heavy atom. The Hall–Kier alpha value is -2.27. The predicted octanol–water partition coefficient (Wildman–Crippen LogP) is 4.46. The van der Waals surface area contributed by atoms with E-state index in [1.165, 1.54) is 28.5 Å². The van der Waals surface area contributed by atoms with Gasteiger partial charge in [-0.25, -0.2) is 0 Å². The van der Waals surface area contributed by atoms with E-state index in [1.807, 2.05) is 44.2 Å². The van der Waals surface area contributed by atoms with Gasteiger partial charge < -0.3 is 10.1 Å². The zero-order valence-corrected chi connectivity index (χ0v) is 17.8. The zero-order valence-electron chi connectivity index (χ0n) is 17.0. The van der Waals surface area contributed by atoms with Gasteiger partial charge in [0.25, 0.3) is 5.91 Å². The Labute approximate surface area is 172 Å². The molecule has 28 heavy (non-hydrogen) atoms. The fraction of sp³-hybridized carbons (Fsp3) is 0.391. The molecule has 0 saturated carbocycles. The van der Waals surface area contributed by atoms with Crippen LogP contribution in [0.3, 0.4) is 0 Å². The molecule has 0 aliphatic rings. The molecule has 0 heterocycles. The molecule has 2 aromatic carbocycles. The van der Waals surface area contributed by atoms with Crippen molar-refractivity contribution in [3.63, 3.8) is 0 Å². The molecular weight excluding hydrogens is 370 g/mol. The topological polar surface area (TPSA) is 55.4 Å². The van der Waals surface area contributed by atoms with Crippen molar-refractivity contribution in [2.45, 2.75) is 57.6 Å². The van der Waals surface area contributed by atoms with Crippen LogP contribution < -0.4 is 5.32 Å². The molecule has 1 amide bonds. The van der Waals surface area contributed by atoms with Crippen LogP contribution in [0, 0.1) is 13.8 Å². The lowest BCUT2D eigenvalue weighted by molar-refractivity contribution is -0.152. The molecule has 0 bridgehead atoms. The summed E-state index contributed by atoms with van der Waals surface area (Å²) in [5.41, 5.74) is 3.65. The van der Waals surface area contributed by atoms with E-state index in [9.17, 15) is 9.59 Å². The van der Waals surface area contributed by atoms with Crippen LogP contribution in [0.1, 0.15) is 37.0 Å². The van der Waals surface area contributed by atoms with Crippen LogP contribution in [-0.4, -0.2) is 29.8 Å². The minimum absolute atomic E-state index is 0.0127. The maximum atomic E-state index is 12.3. The van der Waals surface area contributed by atoms with Gasteiger partial charge in [0.05, 0.1) is 5.75 Å². The summed E-state index contributed by atoms with van der Waals surface area (Å²) in [6, 6.07) is 16.3. The second-order valence-corrected chi connectivity index (χ2v) is 8.15. The van der Waals surface area contributed by atoms with E-state index in [0.717, 1.165) is 17.7 Å². The summed E-state index contributed by atoms with van der Waals surface area (Å²) in [6.07, 6.45) is 0.925. The van der Waals surface area contributed by atoms with Gasteiger partial charge in [0, 0.05) is 10.9 Å². The number of nitrogens with one attached hydrogen (secondary N) is 1. The van der Waals surface area contributed by atoms with Gasteiger partial charge in [-0.15, -0.1) is 11.8 Å². The van der Waals surface area contributed by atoms with Crippen molar-refractivity contribution in [3.05, 3.63) is 65.2 Å². The molecule has 150 valence electrons. The van der Waals surface area contributed by atoms with Gasteiger partial charge >= 0.3 is 5.97 Å². The number of amides is 1. The first-order valence-electron chi connectivity index (χ1n) is 9.59. The fourth-order valence-corrected chi connectivity index (χ4v) is 3.47. The number of aryl methyl sites for hydroxylation is 3. The number of thioether (sulfide) groups is 1. The Morgan fingerprint density at radius 2 is 1.75 bits per heavy atom. The predicted molar refractivity (Wildman–Crippen MR) is 115 cm³/mol. The molecule has 2 aromatic rings. The van der Waals surface area contributed by atoms with Crippen LogP contribution >= 0.6 is 11.8 Å². The van der Waals surface area contributed by atoms with E-state index in [2.05, 4.69) is 30.4 Å². The largest absolute Gasteiger partial charge is 0.452 e. The third kappa shape index (κ3) is 7.39. The minimum Gasteiger partial charge on any atom is -0.452 e. The highest BCUT2D eigenvalue weighted by molar-refractivity contribution is 8.00. The van der Waals surface area contributed by atoms with Crippen molar-refractivity contribution in [1.82, 2.24) is 5.32 Å². The number of hydrogen-bond donors (Lipinski definition) is 1. The molecule has 0 aliphatic heterocycles. The maximum Gasteiger partial charge on any atom is 0.317 e. The first-order chi connectivity index (χ1) is 13.3. The molecule has 0 unspecified atom stereocenters. The average Bonchev–Trinajstić information content (AvgIpc) is 2.68. The Morgan fingerprint density at radius 1 is 1.04 bits per heavy atom. The summed E-state index contributed by atoms with van der Waals surface area (Å²) >= 11 is 1.42. The molecule has 0 radical (unpaired) electrons. The van der Waals surface area contributed by atoms with Crippen LogP contribution in [0.25, 0.3) is 0 Å². The van der Waals surface area contributed by atoms with Crippen molar-refractivity contribution < 1.29 is 14.3 Å². The lowest BCUT2D eigenvalue weighted by Gasteiger charge is -2.18. The summed E-state index contributed by atoms with van der Waals surface area (Å²) in [4.78, 5) is 25.3. The van der Waals surface area contributed by atoms with Gasteiger partial charge in [-0.2, -0.15) is 0 Å². The number of esters is 1. The number of hydrogen-bond acceptors (Lipinski definition) is 4. The van der Waals surface area contributed by atoms with Gasteiger partial charge in [-0.05, 0) is 69.4 Å². The molecule has 1 N–H and O–H groups in total. The fourth-order valence-electron chi connectivity index (χ4n) is 2.69. The molecular formula is C23H29NO3S. The number of carbonyl (C=O) groups excluding carboxylic acids is 2. The molecule has 5 heteroatoms. The summed E-state index contributed by atoms with van der Waals surface area (Å²) in [7, 11) is 0. The summed E-state index contributed by atoms with van der Waals surface area (Å²) < 4.78 is 5.28. The van der Waals surface area contributed by atoms with E-state index in [-0.39, 0.29) is 23.7 Å². The van der Waals surface area contributed by atoms with Crippen LogP contribution in [0.15, 0.2) is 53.4 Å². The lowest BCUT2D eigenvalue weighted by atomic mass is 10.1. The highest BCUT2D eigenvalue weighted by atomic mass is 32.2. The third-order valence-electron chi connectivity index (χ3n) is 4.61. The van der Waals surface area contributed by atoms with Gasteiger partial charge in [-0.1, -0.05) is 36.4 Å². The molecule has 0 aromatic heterocycles. The average molecular weight is 400 g/mol. The zero-order chi connectivity index (χ0) is 20.5. The first-order valence-corrected chi connectivity index (χ1v) is 10.6. The molecule has 2 rings (SSSR count). The van der Waals surface area contributed by atoms with Gasteiger partial charge in [-0.3, -0.25) is 9.59 Å². The third-order valence-corrected chi connectivity index (χ3v) is 5.58. The van der Waals surface area contributed by atoms with Gasteiger partial charge in [0.1, 0.15) is 0 Å². The number of ether oxygens (including phenoxy) is 1. The smallest absolute Gasteiger partial charge is 0.317 e. The summed E-state index contributed by atoms with van der Waals surface area (Å²) in [6.45, 7) is 7.67. The van der Waals surface area contributed by atoms with Crippen molar-refractivity contribution in [2.24, 2.45) is 0 Å². The molecule has 4 nitrogen and oxygen atoms in total. The van der Waals surface area contributed by atoms with Crippen LogP contribution in [0.5, 0.6) is 0 Å². The molecule has 2 atom stereocenters. The molecule has 0 spiro atoms. The number of rotatable bonds is 9. The van der Waals surface area contributed by atoms with Crippen LogP contribution in [0.4, 0.5) is 0 Å². The van der Waals surface area contributed by atoms with Gasteiger partial charge in [0.2, 0.25) is 0 Å². The summed E-state index contributed by atoms with van der Waals surface area (Å²) in [5, 5.41) is 2.92. The van der Waals surface area contributed by atoms with Crippen molar-refractivity contribution >= 4 is 23.6 Å². The normalized spacial score (nSPS) is 12.9. The Kier molecular flexibility index (Phi) is 8.58. The minimum atomic E-state index is -0.799. The van der Waals surface area contributed by atoms with E-state index in [4.69, 9.17) is 4.74 Å². The van der Waals surface area contributed by atoms with E-state index >= 15 is 0 Å². The van der Waals surface area contributed by atoms with Crippen LogP contribution in [0.2, 0.25) is 0 Å². The van der Waals surface area contributed by atoms with Gasteiger partial charge in [0.15, 0.2) is 6.10 Å². The highest BCUT2D eigenvalue weighted by Crippen LogP contribution is 2.21. The SMILES string of the molecule is Cc1ccc(SCC(=O)O[C@@H](C)C(=O)N[C@@H](C)CCc2ccccc2)cc1C. The van der Waals surface area contributed by atoms with Crippen molar-refractivity contribution in [3.8, 4) is 0 Å². The quantitative estimate of drug-likeness (QED) is 0.499. The highest BCUT2D eigenvalue weighted by Gasteiger charge is 2.19. The monoisotopic (exact) mass is 399 g/mol. The summed E-state index contributed by atoms with van der Waals surface area (Å²) in [5.74, 6) is -0.461. The Balaban J connectivity index is 1.71. The number of carbonyl (C=O) groups is 2. The van der Waals surface area contributed by atoms with E-state index < -0.39 is 6.10 Å².